The molecule has 10 heteroatoms. The average Bonchev–Trinajstić information content (AvgIpc) is 2.76. The number of carboxylic acids is 2. The molecule has 2 aromatic rings. The Labute approximate surface area is 169 Å². The van der Waals surface area contributed by atoms with E-state index in [1.54, 1.807) is 0 Å². The summed E-state index contributed by atoms with van der Waals surface area (Å²) >= 11 is 0. The van der Waals surface area contributed by atoms with E-state index in [4.69, 9.17) is 9.47 Å². The van der Waals surface area contributed by atoms with Crippen LogP contribution < -0.4 is 9.47 Å². The number of aliphatic hydroxyl groups is 2. The van der Waals surface area contributed by atoms with Crippen molar-refractivity contribution in [1.82, 2.24) is 0 Å². The van der Waals surface area contributed by atoms with Crippen LogP contribution in [0.4, 0.5) is 0 Å². The topological polar surface area (TPSA) is 168 Å². The van der Waals surface area contributed by atoms with Gasteiger partial charge in [-0.15, -0.1) is 0 Å². The standard InChI is InChI=1S/C20H18O10/c1-29-13-9-5-3-7-11(13)15(21)19(27,17(23)24)20(28,18(25)26)16(22)12-8-4-6-10-14(12)30-2/h3-10,27-28H,1-2H3,(H,23,24)(H,25,26)/t19-,20-/m1/s1. The highest BCUT2D eigenvalue weighted by Gasteiger charge is 2.70. The molecule has 2 rings (SSSR count). The number of carboxylic acid groups (broad SMARTS) is 2. The zero-order valence-corrected chi connectivity index (χ0v) is 15.9. The maximum Gasteiger partial charge on any atom is 0.348 e. The molecule has 0 bridgehead atoms. The molecule has 10 nitrogen and oxygen atoms in total. The van der Waals surface area contributed by atoms with Gasteiger partial charge in [-0.1, -0.05) is 24.3 Å². The number of ketones is 2. The fraction of sp³-hybridized carbons (Fsp3) is 0.200. The predicted molar refractivity (Wildman–Crippen MR) is 99.8 cm³/mol. The van der Waals surface area contributed by atoms with Crippen molar-refractivity contribution in [3.63, 3.8) is 0 Å². The van der Waals surface area contributed by atoms with Gasteiger partial charge in [-0.05, 0) is 24.3 Å². The lowest BCUT2D eigenvalue weighted by molar-refractivity contribution is -0.187. The molecule has 4 N–H and O–H groups in total. The van der Waals surface area contributed by atoms with E-state index in [9.17, 15) is 39.6 Å². The Balaban J connectivity index is 2.80. The van der Waals surface area contributed by atoms with Gasteiger partial charge >= 0.3 is 11.9 Å². The van der Waals surface area contributed by atoms with E-state index < -0.39 is 45.8 Å². The minimum Gasteiger partial charge on any atom is -0.496 e. The summed E-state index contributed by atoms with van der Waals surface area (Å²) < 4.78 is 9.87. The van der Waals surface area contributed by atoms with E-state index >= 15 is 0 Å². The Morgan fingerprint density at radius 1 is 0.667 bits per heavy atom. The summed E-state index contributed by atoms with van der Waals surface area (Å²) in [6.07, 6.45) is 0. The van der Waals surface area contributed by atoms with E-state index in [0.29, 0.717) is 0 Å². The number of carbonyl (C=O) groups excluding carboxylic acids is 2. The van der Waals surface area contributed by atoms with Crippen molar-refractivity contribution in [2.24, 2.45) is 0 Å². The second-order valence-corrected chi connectivity index (χ2v) is 6.09. The minimum atomic E-state index is -4.11. The van der Waals surface area contributed by atoms with Gasteiger partial charge in [0.1, 0.15) is 11.5 Å². The highest BCUT2D eigenvalue weighted by atomic mass is 16.5. The molecule has 2 atom stereocenters. The Hall–Kier alpha value is -3.76. The fourth-order valence-corrected chi connectivity index (χ4v) is 2.89. The lowest BCUT2D eigenvalue weighted by atomic mass is 9.72. The molecule has 0 aromatic heterocycles. The van der Waals surface area contributed by atoms with Crippen LogP contribution >= 0.6 is 0 Å². The molecule has 0 saturated carbocycles. The quantitative estimate of drug-likeness (QED) is 0.330. The van der Waals surface area contributed by atoms with Gasteiger partial charge in [0.2, 0.25) is 11.6 Å². The molecule has 0 radical (unpaired) electrons. The van der Waals surface area contributed by atoms with Gasteiger partial charge in [0.05, 0.1) is 25.3 Å². The highest BCUT2D eigenvalue weighted by molar-refractivity contribution is 6.29. The third-order valence-electron chi connectivity index (χ3n) is 4.50. The van der Waals surface area contributed by atoms with Crippen molar-refractivity contribution in [3.8, 4) is 11.5 Å². The van der Waals surface area contributed by atoms with Crippen LogP contribution in [-0.4, -0.2) is 69.4 Å². The number of ether oxygens (including phenoxy) is 2. The van der Waals surface area contributed by atoms with E-state index in [0.717, 1.165) is 26.4 Å². The molecule has 0 fully saturated rings. The fourth-order valence-electron chi connectivity index (χ4n) is 2.89. The van der Waals surface area contributed by atoms with Gasteiger partial charge in [-0.25, -0.2) is 9.59 Å². The summed E-state index contributed by atoms with van der Waals surface area (Å²) in [5.74, 6) is -8.85. The summed E-state index contributed by atoms with van der Waals surface area (Å²) in [5, 5.41) is 40.9. The molecule has 0 amide bonds. The number of Topliss-reactive ketones (excluding diaryl/α,β-unsaturated/α-hetero) is 2. The van der Waals surface area contributed by atoms with Crippen LogP contribution in [0.3, 0.4) is 0 Å². The van der Waals surface area contributed by atoms with E-state index in [-0.39, 0.29) is 11.5 Å². The average molecular weight is 418 g/mol. The molecule has 158 valence electrons. The SMILES string of the molecule is COc1ccccc1C(=O)[C@@](O)(C(=O)O)[C@](O)(C(=O)O)C(=O)c1ccccc1OC. The van der Waals surface area contributed by atoms with Crippen molar-refractivity contribution in [2.45, 2.75) is 11.2 Å². The predicted octanol–water partition coefficient (Wildman–Crippen LogP) is 0.401. The number of aliphatic carboxylic acids is 2. The molecule has 0 heterocycles. The molecule has 0 unspecified atom stereocenters. The Kier molecular flexibility index (Phi) is 6.24. The van der Waals surface area contributed by atoms with E-state index in [1.807, 2.05) is 0 Å². The van der Waals surface area contributed by atoms with Crippen LogP contribution in [-0.2, 0) is 9.59 Å². The largest absolute Gasteiger partial charge is 0.496 e. The van der Waals surface area contributed by atoms with Crippen molar-refractivity contribution in [1.29, 1.82) is 0 Å². The Bertz CT molecular complexity index is 933. The molecule has 0 aliphatic rings. The number of methoxy groups -OCH3 is 2. The van der Waals surface area contributed by atoms with Gasteiger partial charge in [0.15, 0.2) is 0 Å². The molecular weight excluding hydrogens is 400 g/mol. The number of hydrogen-bond donors (Lipinski definition) is 4. The molecule has 2 aromatic carbocycles. The van der Waals surface area contributed by atoms with Crippen LogP contribution in [0.5, 0.6) is 11.5 Å². The highest BCUT2D eigenvalue weighted by Crippen LogP contribution is 2.35. The molecular formula is C20H18O10. The minimum absolute atomic E-state index is 0.209. The van der Waals surface area contributed by atoms with Gasteiger partial charge in [-0.2, -0.15) is 0 Å². The van der Waals surface area contributed by atoms with Crippen LogP contribution in [0, 0.1) is 0 Å². The summed E-state index contributed by atoms with van der Waals surface area (Å²) in [7, 11) is 2.30. The summed E-state index contributed by atoms with van der Waals surface area (Å²) in [6, 6.07) is 10.0. The van der Waals surface area contributed by atoms with Crippen molar-refractivity contribution < 1.29 is 49.1 Å². The first-order valence-electron chi connectivity index (χ1n) is 8.34. The molecule has 0 saturated heterocycles. The van der Waals surface area contributed by atoms with E-state index in [1.165, 1.54) is 36.4 Å². The first kappa shape index (κ1) is 22.5. The Morgan fingerprint density at radius 3 is 1.23 bits per heavy atom. The summed E-state index contributed by atoms with van der Waals surface area (Å²) in [4.78, 5) is 49.9. The smallest absolute Gasteiger partial charge is 0.348 e. The first-order chi connectivity index (χ1) is 14.1. The summed E-state index contributed by atoms with van der Waals surface area (Å²) in [6.45, 7) is 0. The number of rotatable bonds is 9. The lowest BCUT2D eigenvalue weighted by Crippen LogP contribution is -2.71. The van der Waals surface area contributed by atoms with Gasteiger partial charge in [0, 0.05) is 0 Å². The monoisotopic (exact) mass is 418 g/mol. The Morgan fingerprint density at radius 2 is 0.967 bits per heavy atom. The number of carbonyl (C=O) groups is 4. The van der Waals surface area contributed by atoms with Crippen LogP contribution in [0.2, 0.25) is 0 Å². The van der Waals surface area contributed by atoms with Crippen LogP contribution in [0.25, 0.3) is 0 Å². The second-order valence-electron chi connectivity index (χ2n) is 6.09. The lowest BCUT2D eigenvalue weighted by Gasteiger charge is -2.35. The zero-order chi connectivity index (χ0) is 22.7. The maximum absolute atomic E-state index is 13.0. The van der Waals surface area contributed by atoms with Gasteiger partial charge < -0.3 is 29.9 Å². The number of hydrogen-bond acceptors (Lipinski definition) is 8. The van der Waals surface area contributed by atoms with Gasteiger partial charge in [0.25, 0.3) is 11.2 Å². The number of para-hydroxylation sites is 2. The summed E-state index contributed by atoms with van der Waals surface area (Å²) in [5.41, 5.74) is -9.33. The molecule has 0 spiro atoms. The van der Waals surface area contributed by atoms with Crippen molar-refractivity contribution in [3.05, 3.63) is 59.7 Å². The third-order valence-corrected chi connectivity index (χ3v) is 4.50. The van der Waals surface area contributed by atoms with E-state index in [2.05, 4.69) is 0 Å². The second kappa shape index (κ2) is 8.31. The maximum atomic E-state index is 13.0. The van der Waals surface area contributed by atoms with Gasteiger partial charge in [-0.3, -0.25) is 9.59 Å². The third kappa shape index (κ3) is 3.27. The molecule has 0 aliphatic heterocycles. The number of benzene rings is 2. The van der Waals surface area contributed by atoms with Crippen LogP contribution in [0.15, 0.2) is 48.5 Å². The van der Waals surface area contributed by atoms with Crippen LogP contribution in [0.1, 0.15) is 20.7 Å². The zero-order valence-electron chi connectivity index (χ0n) is 15.9. The van der Waals surface area contributed by atoms with Crippen molar-refractivity contribution >= 4 is 23.5 Å². The first-order valence-corrected chi connectivity index (χ1v) is 8.34. The van der Waals surface area contributed by atoms with Crippen molar-refractivity contribution in [2.75, 3.05) is 14.2 Å². The normalized spacial score (nSPS) is 14.7. The molecule has 30 heavy (non-hydrogen) atoms. The molecule has 0 aliphatic carbocycles.